The summed E-state index contributed by atoms with van der Waals surface area (Å²) in [6.07, 6.45) is 5.17. The van der Waals surface area contributed by atoms with E-state index in [-0.39, 0.29) is 5.91 Å². The molecule has 1 unspecified atom stereocenters. The molecule has 4 nitrogen and oxygen atoms in total. The fourth-order valence-electron chi connectivity index (χ4n) is 3.86. The maximum atomic E-state index is 12.4. The van der Waals surface area contributed by atoms with Crippen molar-refractivity contribution >= 4 is 11.6 Å². The number of benzene rings is 1. The van der Waals surface area contributed by atoms with Gasteiger partial charge in [0.15, 0.2) is 0 Å². The molecule has 23 heavy (non-hydrogen) atoms. The summed E-state index contributed by atoms with van der Waals surface area (Å²) < 4.78 is 0. The lowest BCUT2D eigenvalue weighted by molar-refractivity contribution is -0.117. The molecule has 2 aliphatic rings. The number of carbonyl (C=O) groups excluding carboxylic acids is 1. The summed E-state index contributed by atoms with van der Waals surface area (Å²) in [5.74, 6) is 0.112. The molecule has 2 fully saturated rings. The molecular formula is C19H29N3O. The minimum atomic E-state index is 0.112. The number of nitrogens with zero attached hydrogens (tertiary/aromatic N) is 2. The van der Waals surface area contributed by atoms with Crippen LogP contribution in [0.5, 0.6) is 0 Å². The molecule has 1 aromatic rings. The van der Waals surface area contributed by atoms with E-state index >= 15 is 0 Å². The summed E-state index contributed by atoms with van der Waals surface area (Å²) in [4.78, 5) is 17.4. The number of likely N-dealkylation sites (tertiary alicyclic amines) is 2. The topological polar surface area (TPSA) is 35.6 Å². The Kier molecular flexibility index (Phi) is 5.34. The van der Waals surface area contributed by atoms with Crippen molar-refractivity contribution in [3.8, 4) is 0 Å². The molecule has 126 valence electrons. The summed E-state index contributed by atoms with van der Waals surface area (Å²) in [5.41, 5.74) is 3.33. The van der Waals surface area contributed by atoms with Crippen LogP contribution in [0.4, 0.5) is 5.69 Å². The number of amides is 1. The summed E-state index contributed by atoms with van der Waals surface area (Å²) in [5, 5.41) is 3.09. The molecule has 0 radical (unpaired) electrons. The molecule has 4 heteroatoms. The third kappa shape index (κ3) is 4.12. The minimum Gasteiger partial charge on any atom is -0.325 e. The highest BCUT2D eigenvalue weighted by molar-refractivity contribution is 5.93. The van der Waals surface area contributed by atoms with E-state index in [0.29, 0.717) is 12.6 Å². The zero-order valence-electron chi connectivity index (χ0n) is 14.5. The third-order valence-electron chi connectivity index (χ3n) is 5.38. The number of aryl methyl sites for hydroxylation is 1. The van der Waals surface area contributed by atoms with Gasteiger partial charge in [0.05, 0.1) is 6.54 Å². The lowest BCUT2D eigenvalue weighted by atomic mass is 10.0. The highest BCUT2D eigenvalue weighted by Gasteiger charge is 2.27. The molecular weight excluding hydrogens is 286 g/mol. The highest BCUT2D eigenvalue weighted by Crippen LogP contribution is 2.21. The maximum Gasteiger partial charge on any atom is 0.238 e. The van der Waals surface area contributed by atoms with Crippen LogP contribution in [0, 0.1) is 13.8 Å². The Labute approximate surface area is 139 Å². The first-order chi connectivity index (χ1) is 11.1. The number of rotatable bonds is 4. The molecule has 3 rings (SSSR count). The van der Waals surface area contributed by atoms with Crippen molar-refractivity contribution < 1.29 is 4.79 Å². The highest BCUT2D eigenvalue weighted by atomic mass is 16.2. The fraction of sp³-hybridized carbons (Fsp3) is 0.632. The Morgan fingerprint density at radius 2 is 1.96 bits per heavy atom. The van der Waals surface area contributed by atoms with Crippen molar-refractivity contribution in [3.63, 3.8) is 0 Å². The van der Waals surface area contributed by atoms with Crippen LogP contribution in [-0.4, -0.2) is 54.5 Å². The first kappa shape index (κ1) is 16.5. The quantitative estimate of drug-likeness (QED) is 0.928. The van der Waals surface area contributed by atoms with Crippen LogP contribution < -0.4 is 5.32 Å². The van der Waals surface area contributed by atoms with Gasteiger partial charge >= 0.3 is 0 Å². The molecule has 1 atom stereocenters. The Hall–Kier alpha value is -1.39. The van der Waals surface area contributed by atoms with E-state index in [1.807, 2.05) is 12.1 Å². The molecule has 0 aromatic heterocycles. The SMILES string of the molecule is Cc1cccc(NC(=O)CN2CCCC(N3CCCC3)C2)c1C. The number of carbonyl (C=O) groups is 1. The van der Waals surface area contributed by atoms with Gasteiger partial charge in [-0.2, -0.15) is 0 Å². The molecule has 1 aromatic carbocycles. The van der Waals surface area contributed by atoms with Crippen LogP contribution in [0.2, 0.25) is 0 Å². The lowest BCUT2D eigenvalue weighted by Gasteiger charge is -2.37. The summed E-state index contributed by atoms with van der Waals surface area (Å²) in [6.45, 7) is 9.23. The molecule has 2 aliphatic heterocycles. The molecule has 1 N–H and O–H groups in total. The zero-order chi connectivity index (χ0) is 16.2. The minimum absolute atomic E-state index is 0.112. The second-order valence-electron chi connectivity index (χ2n) is 7.07. The van der Waals surface area contributed by atoms with E-state index in [1.165, 1.54) is 44.3 Å². The standard InChI is InChI=1S/C19H29N3O/c1-15-7-5-9-18(16(15)2)20-19(23)14-21-10-6-8-17(13-21)22-11-3-4-12-22/h5,7,9,17H,3-4,6,8,10-14H2,1-2H3,(H,20,23). The largest absolute Gasteiger partial charge is 0.325 e. The Balaban J connectivity index is 1.53. The second kappa shape index (κ2) is 7.45. The van der Waals surface area contributed by atoms with Crippen molar-refractivity contribution in [2.75, 3.05) is 38.0 Å². The molecule has 0 saturated carbocycles. The van der Waals surface area contributed by atoms with Crippen LogP contribution in [0.15, 0.2) is 18.2 Å². The summed E-state index contributed by atoms with van der Waals surface area (Å²) in [7, 11) is 0. The predicted octanol–water partition coefficient (Wildman–Crippen LogP) is 2.80. The van der Waals surface area contributed by atoms with E-state index in [0.717, 1.165) is 24.3 Å². The van der Waals surface area contributed by atoms with Gasteiger partial charge in [-0.3, -0.25) is 14.6 Å². The zero-order valence-corrected chi connectivity index (χ0v) is 14.5. The van der Waals surface area contributed by atoms with Gasteiger partial charge in [-0.05, 0) is 76.4 Å². The summed E-state index contributed by atoms with van der Waals surface area (Å²) in [6, 6.07) is 6.72. The van der Waals surface area contributed by atoms with Crippen LogP contribution in [0.25, 0.3) is 0 Å². The van der Waals surface area contributed by atoms with Crippen LogP contribution in [-0.2, 0) is 4.79 Å². The molecule has 0 aliphatic carbocycles. The Morgan fingerprint density at radius 1 is 1.17 bits per heavy atom. The van der Waals surface area contributed by atoms with E-state index in [1.54, 1.807) is 0 Å². The van der Waals surface area contributed by atoms with Gasteiger partial charge in [-0.15, -0.1) is 0 Å². The van der Waals surface area contributed by atoms with Crippen LogP contribution >= 0.6 is 0 Å². The average molecular weight is 315 g/mol. The van der Waals surface area contributed by atoms with Gasteiger partial charge in [-0.1, -0.05) is 12.1 Å². The number of piperidine rings is 1. The van der Waals surface area contributed by atoms with Gasteiger partial charge in [0.1, 0.15) is 0 Å². The van der Waals surface area contributed by atoms with Gasteiger partial charge in [0.25, 0.3) is 0 Å². The van der Waals surface area contributed by atoms with E-state index in [9.17, 15) is 4.79 Å². The fourth-order valence-corrected chi connectivity index (χ4v) is 3.86. The molecule has 2 saturated heterocycles. The number of anilines is 1. The van der Waals surface area contributed by atoms with Crippen molar-refractivity contribution in [2.45, 2.75) is 45.6 Å². The van der Waals surface area contributed by atoms with E-state index in [2.05, 4.69) is 35.0 Å². The van der Waals surface area contributed by atoms with Gasteiger partial charge in [-0.25, -0.2) is 0 Å². The number of hydrogen-bond donors (Lipinski definition) is 1. The van der Waals surface area contributed by atoms with Crippen molar-refractivity contribution in [1.82, 2.24) is 9.80 Å². The second-order valence-corrected chi connectivity index (χ2v) is 7.07. The van der Waals surface area contributed by atoms with Gasteiger partial charge < -0.3 is 5.32 Å². The predicted molar refractivity (Wildman–Crippen MR) is 94.8 cm³/mol. The summed E-state index contributed by atoms with van der Waals surface area (Å²) >= 11 is 0. The first-order valence-corrected chi connectivity index (χ1v) is 8.96. The van der Waals surface area contributed by atoms with Crippen molar-refractivity contribution in [2.24, 2.45) is 0 Å². The van der Waals surface area contributed by atoms with Crippen molar-refractivity contribution in [3.05, 3.63) is 29.3 Å². The van der Waals surface area contributed by atoms with Crippen LogP contribution in [0.3, 0.4) is 0 Å². The van der Waals surface area contributed by atoms with Crippen molar-refractivity contribution in [1.29, 1.82) is 0 Å². The number of nitrogens with one attached hydrogen (secondary N) is 1. The average Bonchev–Trinajstić information content (AvgIpc) is 3.06. The molecule has 2 heterocycles. The van der Waals surface area contributed by atoms with E-state index in [4.69, 9.17) is 0 Å². The van der Waals surface area contributed by atoms with Gasteiger partial charge in [0.2, 0.25) is 5.91 Å². The van der Waals surface area contributed by atoms with Gasteiger partial charge in [0, 0.05) is 18.3 Å². The maximum absolute atomic E-state index is 12.4. The monoisotopic (exact) mass is 315 g/mol. The third-order valence-corrected chi connectivity index (χ3v) is 5.38. The first-order valence-electron chi connectivity index (χ1n) is 8.96. The lowest BCUT2D eigenvalue weighted by Crippen LogP contribution is -2.48. The van der Waals surface area contributed by atoms with E-state index < -0.39 is 0 Å². The molecule has 0 bridgehead atoms. The van der Waals surface area contributed by atoms with Crippen LogP contribution in [0.1, 0.15) is 36.8 Å². The Bertz CT molecular complexity index is 552. The Morgan fingerprint density at radius 3 is 2.74 bits per heavy atom. The molecule has 0 spiro atoms. The molecule has 1 amide bonds. The number of hydrogen-bond acceptors (Lipinski definition) is 3. The smallest absolute Gasteiger partial charge is 0.238 e. The normalized spacial score (nSPS) is 23.1.